The predicted molar refractivity (Wildman–Crippen MR) is 110 cm³/mol. The smallest absolute Gasteiger partial charge is 0.257 e. The number of hydrogen-bond acceptors (Lipinski definition) is 6. The molecule has 1 aromatic carbocycles. The average Bonchev–Trinajstić information content (AvgIpc) is 2.74. The van der Waals surface area contributed by atoms with Gasteiger partial charge in [-0.3, -0.25) is 9.69 Å². The number of morpholine rings is 1. The molecule has 1 aromatic rings. The molecule has 0 unspecified atom stereocenters. The van der Waals surface area contributed by atoms with Gasteiger partial charge in [0.05, 0.1) is 23.1 Å². The summed E-state index contributed by atoms with van der Waals surface area (Å²) in [5, 5.41) is 2.98. The van der Waals surface area contributed by atoms with Gasteiger partial charge in [0.15, 0.2) is 6.61 Å². The lowest BCUT2D eigenvalue weighted by Crippen LogP contribution is -2.42. The fourth-order valence-corrected chi connectivity index (χ4v) is 5.23. The maximum Gasteiger partial charge on any atom is 0.257 e. The van der Waals surface area contributed by atoms with Crippen LogP contribution in [0.3, 0.4) is 0 Å². The quantitative estimate of drug-likeness (QED) is 0.649. The first-order valence-corrected chi connectivity index (χ1v) is 11.8. The highest BCUT2D eigenvalue weighted by atomic mass is 35.5. The minimum Gasteiger partial charge on any atom is -0.482 e. The molecule has 0 aliphatic carbocycles. The number of benzene rings is 1. The predicted octanol–water partition coefficient (Wildman–Crippen LogP) is 1.34. The van der Waals surface area contributed by atoms with Crippen LogP contribution in [0.1, 0.15) is 19.3 Å². The van der Waals surface area contributed by atoms with Gasteiger partial charge in [-0.05, 0) is 31.0 Å². The Bertz CT molecular complexity index is 793. The third-order valence-corrected chi connectivity index (χ3v) is 7.26. The molecule has 2 saturated heterocycles. The molecular formula is C19H28ClN3O5S. The fourth-order valence-electron chi connectivity index (χ4n) is 3.39. The Labute approximate surface area is 177 Å². The number of halogens is 1. The molecule has 2 aliphatic heterocycles. The van der Waals surface area contributed by atoms with Gasteiger partial charge in [0.25, 0.3) is 5.91 Å². The number of carbonyl (C=O) groups is 1. The summed E-state index contributed by atoms with van der Waals surface area (Å²) in [7, 11) is -3.55. The van der Waals surface area contributed by atoms with Gasteiger partial charge in [0.1, 0.15) is 5.75 Å². The van der Waals surface area contributed by atoms with Gasteiger partial charge in [-0.2, -0.15) is 4.31 Å². The molecular weight excluding hydrogens is 418 g/mol. The molecule has 2 fully saturated rings. The Morgan fingerprint density at radius 2 is 1.86 bits per heavy atom. The van der Waals surface area contributed by atoms with E-state index in [-0.39, 0.29) is 28.2 Å². The number of sulfonamides is 1. The van der Waals surface area contributed by atoms with E-state index in [2.05, 4.69) is 10.2 Å². The third-order valence-electron chi connectivity index (χ3n) is 5.07. The lowest BCUT2D eigenvalue weighted by atomic mass is 10.2. The summed E-state index contributed by atoms with van der Waals surface area (Å²) in [6.45, 7) is 5.36. The maximum atomic E-state index is 12.7. The molecule has 1 N–H and O–H groups in total. The number of piperidine rings is 1. The van der Waals surface area contributed by atoms with Crippen molar-refractivity contribution in [1.29, 1.82) is 0 Å². The van der Waals surface area contributed by atoms with Crippen LogP contribution in [0, 0.1) is 0 Å². The van der Waals surface area contributed by atoms with E-state index in [9.17, 15) is 13.2 Å². The van der Waals surface area contributed by atoms with Crippen molar-refractivity contribution in [3.05, 3.63) is 23.2 Å². The van der Waals surface area contributed by atoms with Gasteiger partial charge in [-0.25, -0.2) is 8.42 Å². The Morgan fingerprint density at radius 3 is 2.55 bits per heavy atom. The molecule has 162 valence electrons. The molecule has 0 radical (unpaired) electrons. The number of ether oxygens (including phenoxy) is 2. The van der Waals surface area contributed by atoms with Crippen molar-refractivity contribution in [1.82, 2.24) is 14.5 Å². The highest BCUT2D eigenvalue weighted by Crippen LogP contribution is 2.29. The van der Waals surface area contributed by atoms with Crippen LogP contribution in [0.4, 0.5) is 0 Å². The van der Waals surface area contributed by atoms with Crippen LogP contribution < -0.4 is 10.1 Å². The fraction of sp³-hybridized carbons (Fsp3) is 0.632. The number of hydrogen-bond donors (Lipinski definition) is 1. The first-order valence-electron chi connectivity index (χ1n) is 9.96. The van der Waals surface area contributed by atoms with Crippen molar-refractivity contribution in [2.24, 2.45) is 0 Å². The topological polar surface area (TPSA) is 88.2 Å². The number of amides is 1. The van der Waals surface area contributed by atoms with Gasteiger partial charge < -0.3 is 14.8 Å². The van der Waals surface area contributed by atoms with E-state index in [0.29, 0.717) is 19.6 Å². The zero-order valence-corrected chi connectivity index (χ0v) is 18.0. The van der Waals surface area contributed by atoms with Crippen LogP contribution in [0.15, 0.2) is 23.1 Å². The Morgan fingerprint density at radius 1 is 1.14 bits per heavy atom. The van der Waals surface area contributed by atoms with Gasteiger partial charge in [0, 0.05) is 39.3 Å². The largest absolute Gasteiger partial charge is 0.482 e. The van der Waals surface area contributed by atoms with E-state index >= 15 is 0 Å². The zero-order valence-electron chi connectivity index (χ0n) is 16.4. The van der Waals surface area contributed by atoms with E-state index in [0.717, 1.165) is 52.1 Å². The summed E-state index contributed by atoms with van der Waals surface area (Å²) in [6, 6.07) is 4.36. The second-order valence-corrected chi connectivity index (χ2v) is 9.49. The third kappa shape index (κ3) is 6.29. The Hall–Kier alpha value is -1.39. The van der Waals surface area contributed by atoms with E-state index in [4.69, 9.17) is 21.1 Å². The van der Waals surface area contributed by atoms with Crippen LogP contribution in [0.2, 0.25) is 5.02 Å². The highest BCUT2D eigenvalue weighted by Gasteiger charge is 2.26. The zero-order chi connectivity index (χ0) is 20.7. The van der Waals surface area contributed by atoms with Crippen molar-refractivity contribution in [2.45, 2.75) is 24.2 Å². The molecule has 8 nitrogen and oxygen atoms in total. The van der Waals surface area contributed by atoms with Gasteiger partial charge >= 0.3 is 0 Å². The normalized spacial score (nSPS) is 19.1. The summed E-state index contributed by atoms with van der Waals surface area (Å²) in [6.07, 6.45) is 2.79. The van der Waals surface area contributed by atoms with E-state index in [1.807, 2.05) is 0 Å². The SMILES string of the molecule is O=C(COc1ccc(S(=O)(=O)N2CCCCC2)cc1Cl)NCCN1CCOCC1. The lowest BCUT2D eigenvalue weighted by Gasteiger charge is -2.26. The summed E-state index contributed by atoms with van der Waals surface area (Å²) in [4.78, 5) is 14.3. The van der Waals surface area contributed by atoms with Crippen molar-refractivity contribution in [2.75, 3.05) is 59.1 Å². The van der Waals surface area contributed by atoms with E-state index in [1.54, 1.807) is 0 Å². The van der Waals surface area contributed by atoms with Gasteiger partial charge in [-0.15, -0.1) is 0 Å². The van der Waals surface area contributed by atoms with Crippen LogP contribution in [-0.4, -0.2) is 82.6 Å². The Kier molecular flexibility index (Phi) is 8.14. The number of rotatable bonds is 8. The maximum absolute atomic E-state index is 12.7. The molecule has 3 rings (SSSR count). The molecule has 0 bridgehead atoms. The lowest BCUT2D eigenvalue weighted by molar-refractivity contribution is -0.123. The van der Waals surface area contributed by atoms with Crippen molar-refractivity contribution in [3.63, 3.8) is 0 Å². The van der Waals surface area contributed by atoms with Crippen molar-refractivity contribution >= 4 is 27.5 Å². The second-order valence-electron chi connectivity index (χ2n) is 7.15. The molecule has 10 heteroatoms. The first kappa shape index (κ1) is 22.3. The molecule has 1 amide bonds. The molecule has 0 aromatic heterocycles. The van der Waals surface area contributed by atoms with Crippen LogP contribution in [0.25, 0.3) is 0 Å². The molecule has 0 atom stereocenters. The van der Waals surface area contributed by atoms with Crippen LogP contribution in [-0.2, 0) is 19.6 Å². The van der Waals surface area contributed by atoms with Gasteiger partial charge in [-0.1, -0.05) is 18.0 Å². The second kappa shape index (κ2) is 10.6. The summed E-state index contributed by atoms with van der Waals surface area (Å²) in [5.41, 5.74) is 0. The number of nitrogens with zero attached hydrogens (tertiary/aromatic N) is 2. The summed E-state index contributed by atoms with van der Waals surface area (Å²) in [5.74, 6) is 0.0342. The standard InChI is InChI=1S/C19H28ClN3O5S/c20-17-14-16(29(25,26)23-7-2-1-3-8-23)4-5-18(17)28-15-19(24)21-6-9-22-10-12-27-13-11-22/h4-5,14H,1-3,6-13,15H2,(H,21,24). The number of carbonyl (C=O) groups excluding carboxylic acids is 1. The molecule has 29 heavy (non-hydrogen) atoms. The Balaban J connectivity index is 1.48. The monoisotopic (exact) mass is 445 g/mol. The molecule has 0 saturated carbocycles. The summed E-state index contributed by atoms with van der Waals surface area (Å²) < 4.78 is 37.7. The molecule has 2 heterocycles. The highest BCUT2D eigenvalue weighted by molar-refractivity contribution is 7.89. The van der Waals surface area contributed by atoms with Crippen LogP contribution >= 0.6 is 11.6 Å². The van der Waals surface area contributed by atoms with Crippen molar-refractivity contribution < 1.29 is 22.7 Å². The van der Waals surface area contributed by atoms with E-state index in [1.165, 1.54) is 22.5 Å². The van der Waals surface area contributed by atoms with E-state index < -0.39 is 10.0 Å². The average molecular weight is 446 g/mol. The van der Waals surface area contributed by atoms with Crippen LogP contribution in [0.5, 0.6) is 5.75 Å². The minimum absolute atomic E-state index is 0.145. The van der Waals surface area contributed by atoms with Gasteiger partial charge in [0.2, 0.25) is 10.0 Å². The minimum atomic E-state index is -3.55. The number of nitrogens with one attached hydrogen (secondary N) is 1. The van der Waals surface area contributed by atoms with Crippen molar-refractivity contribution in [3.8, 4) is 5.75 Å². The molecule has 0 spiro atoms. The molecule has 2 aliphatic rings. The summed E-state index contributed by atoms with van der Waals surface area (Å²) >= 11 is 6.21. The first-order chi connectivity index (χ1) is 14.0.